The van der Waals surface area contributed by atoms with E-state index < -0.39 is 12.3 Å². The molecule has 5 heterocycles. The van der Waals surface area contributed by atoms with E-state index in [0.717, 1.165) is 46.1 Å². The van der Waals surface area contributed by atoms with E-state index in [0.29, 0.717) is 29.5 Å². The van der Waals surface area contributed by atoms with Crippen molar-refractivity contribution in [2.75, 3.05) is 49.6 Å². The molecule has 1 unspecified atom stereocenters. The van der Waals surface area contributed by atoms with Gasteiger partial charge in [-0.15, -0.1) is 23.5 Å². The van der Waals surface area contributed by atoms with Crippen LogP contribution in [0.3, 0.4) is 0 Å². The second-order valence-electron chi connectivity index (χ2n) is 8.21. The molecule has 168 valence electrons. The maximum Gasteiger partial charge on any atom is 0.412 e. The monoisotopic (exact) mass is 471 g/mol. The van der Waals surface area contributed by atoms with Crippen molar-refractivity contribution < 1.29 is 14.3 Å². The van der Waals surface area contributed by atoms with Gasteiger partial charge in [-0.2, -0.15) is 0 Å². The standard InChI is InChI=1S/C22H25N5O3S2/c1-13-12-14(2)23-19-15(13)4-5-16(24-19)27-20(28)17-18(32-11-10-31-17)21(27)30-22(29)26-8-6-25(3)7-9-26/h4-5,12,21H,6-11H2,1-3H3. The lowest BCUT2D eigenvalue weighted by Gasteiger charge is -2.34. The average molecular weight is 472 g/mol. The van der Waals surface area contributed by atoms with Crippen molar-refractivity contribution >= 4 is 52.4 Å². The average Bonchev–Trinajstić information content (AvgIpc) is 3.05. The number of hydrogen-bond donors (Lipinski definition) is 0. The van der Waals surface area contributed by atoms with E-state index in [4.69, 9.17) is 9.72 Å². The number of hydrogen-bond acceptors (Lipinski definition) is 8. The van der Waals surface area contributed by atoms with Gasteiger partial charge in [0.05, 0.1) is 9.81 Å². The van der Waals surface area contributed by atoms with Gasteiger partial charge in [-0.05, 0) is 44.7 Å². The number of thioether (sulfide) groups is 2. The number of anilines is 1. The number of amides is 2. The zero-order valence-corrected chi connectivity index (χ0v) is 20.0. The molecule has 0 aliphatic carbocycles. The van der Waals surface area contributed by atoms with Gasteiger partial charge >= 0.3 is 6.09 Å². The van der Waals surface area contributed by atoms with Crippen LogP contribution in [0.2, 0.25) is 0 Å². The predicted molar refractivity (Wildman–Crippen MR) is 128 cm³/mol. The Morgan fingerprint density at radius 3 is 2.62 bits per heavy atom. The van der Waals surface area contributed by atoms with Gasteiger partial charge in [-0.1, -0.05) is 0 Å². The molecule has 2 aromatic rings. The summed E-state index contributed by atoms with van der Waals surface area (Å²) in [6, 6.07) is 5.76. The van der Waals surface area contributed by atoms with Crippen LogP contribution in [0.25, 0.3) is 11.0 Å². The molecule has 1 saturated heterocycles. The Morgan fingerprint density at radius 2 is 1.84 bits per heavy atom. The molecule has 2 aromatic heterocycles. The first kappa shape index (κ1) is 21.5. The normalized spacial score (nSPS) is 22.0. The quantitative estimate of drug-likeness (QED) is 0.662. The van der Waals surface area contributed by atoms with Gasteiger partial charge in [-0.3, -0.25) is 4.79 Å². The summed E-state index contributed by atoms with van der Waals surface area (Å²) < 4.78 is 5.97. The van der Waals surface area contributed by atoms with Crippen LogP contribution in [0.4, 0.5) is 10.6 Å². The molecule has 10 heteroatoms. The van der Waals surface area contributed by atoms with E-state index >= 15 is 0 Å². The van der Waals surface area contributed by atoms with E-state index in [1.54, 1.807) is 16.7 Å². The van der Waals surface area contributed by atoms with Gasteiger partial charge < -0.3 is 14.5 Å². The number of piperazine rings is 1. The Bertz CT molecular complexity index is 1130. The first-order valence-electron chi connectivity index (χ1n) is 10.6. The Labute approximate surface area is 195 Å². The fraction of sp³-hybridized carbons (Fsp3) is 0.455. The number of fused-ring (bicyclic) bond motifs is 1. The molecule has 0 radical (unpaired) electrons. The van der Waals surface area contributed by atoms with Gasteiger partial charge in [0.15, 0.2) is 5.65 Å². The van der Waals surface area contributed by atoms with Gasteiger partial charge in [0.1, 0.15) is 5.82 Å². The highest BCUT2D eigenvalue weighted by Crippen LogP contribution is 2.45. The van der Waals surface area contributed by atoms with Crippen LogP contribution < -0.4 is 4.90 Å². The van der Waals surface area contributed by atoms with Gasteiger partial charge in [-0.25, -0.2) is 19.7 Å². The minimum Gasteiger partial charge on any atom is -0.420 e. The third-order valence-electron chi connectivity index (χ3n) is 5.90. The van der Waals surface area contributed by atoms with Crippen molar-refractivity contribution in [3.05, 3.63) is 39.3 Å². The van der Waals surface area contributed by atoms with E-state index in [-0.39, 0.29) is 5.91 Å². The van der Waals surface area contributed by atoms with Crippen LogP contribution in [0.5, 0.6) is 0 Å². The second kappa shape index (κ2) is 8.57. The predicted octanol–water partition coefficient (Wildman–Crippen LogP) is 2.99. The van der Waals surface area contributed by atoms with Crippen LogP contribution in [0.15, 0.2) is 28.0 Å². The van der Waals surface area contributed by atoms with E-state index in [9.17, 15) is 9.59 Å². The SMILES string of the molecule is Cc1cc(C)c2ccc(N3C(=O)C4=C(SCCS4)C3OC(=O)N3CCN(C)CC3)nc2n1. The van der Waals surface area contributed by atoms with E-state index in [2.05, 4.69) is 9.88 Å². The van der Waals surface area contributed by atoms with Crippen molar-refractivity contribution in [1.29, 1.82) is 0 Å². The zero-order chi connectivity index (χ0) is 22.4. The lowest BCUT2D eigenvalue weighted by Crippen LogP contribution is -2.49. The third-order valence-corrected chi connectivity index (χ3v) is 8.50. The summed E-state index contributed by atoms with van der Waals surface area (Å²) in [5, 5.41) is 0.943. The Balaban J connectivity index is 1.49. The summed E-state index contributed by atoms with van der Waals surface area (Å²) in [7, 11) is 2.04. The molecule has 1 fully saturated rings. The molecule has 0 aromatic carbocycles. The lowest BCUT2D eigenvalue weighted by molar-refractivity contribution is -0.115. The van der Waals surface area contributed by atoms with Crippen molar-refractivity contribution in [2.24, 2.45) is 0 Å². The molecular formula is C22H25N5O3S2. The number of aryl methyl sites for hydroxylation is 2. The number of rotatable bonds is 2. The molecule has 0 N–H and O–H groups in total. The maximum atomic E-state index is 13.4. The zero-order valence-electron chi connectivity index (χ0n) is 18.3. The Morgan fingerprint density at radius 1 is 1.09 bits per heavy atom. The number of carbonyl (C=O) groups excluding carboxylic acids is 2. The fourth-order valence-corrected chi connectivity index (χ4v) is 6.58. The Hall–Kier alpha value is -2.30. The Kier molecular flexibility index (Phi) is 5.77. The minimum atomic E-state index is -0.793. The molecular weight excluding hydrogens is 446 g/mol. The molecule has 2 amide bonds. The molecule has 3 aliphatic heterocycles. The largest absolute Gasteiger partial charge is 0.420 e. The van der Waals surface area contributed by atoms with Crippen LogP contribution in [-0.4, -0.2) is 82.7 Å². The van der Waals surface area contributed by atoms with Crippen LogP contribution >= 0.6 is 23.5 Å². The highest BCUT2D eigenvalue weighted by Gasteiger charge is 2.45. The summed E-state index contributed by atoms with van der Waals surface area (Å²) in [5.74, 6) is 2.02. The third kappa shape index (κ3) is 3.84. The van der Waals surface area contributed by atoms with Gasteiger partial charge in [0.2, 0.25) is 6.23 Å². The van der Waals surface area contributed by atoms with E-state index in [1.165, 1.54) is 16.7 Å². The number of likely N-dealkylation sites (N-methyl/N-ethyl adjacent to an activating group) is 1. The summed E-state index contributed by atoms with van der Waals surface area (Å²) in [6.07, 6.45) is -1.19. The topological polar surface area (TPSA) is 78.9 Å². The number of nitrogens with zero attached hydrogens (tertiary/aromatic N) is 5. The molecule has 1 atom stereocenters. The van der Waals surface area contributed by atoms with Crippen molar-refractivity contribution in [2.45, 2.75) is 20.1 Å². The minimum absolute atomic E-state index is 0.162. The number of ether oxygens (including phenoxy) is 1. The van der Waals surface area contributed by atoms with Gasteiger partial charge in [0, 0.05) is 48.8 Å². The fourth-order valence-electron chi connectivity index (χ4n) is 4.16. The van der Waals surface area contributed by atoms with Crippen molar-refractivity contribution in [1.82, 2.24) is 19.8 Å². The molecule has 0 saturated carbocycles. The van der Waals surface area contributed by atoms with Crippen LogP contribution in [0.1, 0.15) is 11.3 Å². The summed E-state index contributed by atoms with van der Waals surface area (Å²) in [5.41, 5.74) is 2.54. The molecule has 32 heavy (non-hydrogen) atoms. The highest BCUT2D eigenvalue weighted by atomic mass is 32.2. The number of aromatic nitrogens is 2. The van der Waals surface area contributed by atoms with Gasteiger partial charge in [0.25, 0.3) is 5.91 Å². The van der Waals surface area contributed by atoms with Crippen molar-refractivity contribution in [3.8, 4) is 0 Å². The highest BCUT2D eigenvalue weighted by molar-refractivity contribution is 8.10. The number of pyridine rings is 2. The summed E-state index contributed by atoms with van der Waals surface area (Å²) >= 11 is 3.12. The molecule has 3 aliphatic rings. The van der Waals surface area contributed by atoms with Crippen LogP contribution in [-0.2, 0) is 9.53 Å². The van der Waals surface area contributed by atoms with Crippen LogP contribution in [0, 0.1) is 13.8 Å². The molecule has 8 nitrogen and oxygen atoms in total. The first-order valence-corrected chi connectivity index (χ1v) is 12.6. The lowest BCUT2D eigenvalue weighted by atomic mass is 10.1. The molecule has 0 spiro atoms. The maximum absolute atomic E-state index is 13.4. The van der Waals surface area contributed by atoms with Crippen molar-refractivity contribution in [3.63, 3.8) is 0 Å². The molecule has 5 rings (SSSR count). The number of carbonyl (C=O) groups is 2. The van der Waals surface area contributed by atoms with E-state index in [1.807, 2.05) is 39.1 Å². The summed E-state index contributed by atoms with van der Waals surface area (Å²) in [6.45, 7) is 6.78. The second-order valence-corrected chi connectivity index (χ2v) is 10.5. The molecule has 0 bridgehead atoms. The smallest absolute Gasteiger partial charge is 0.412 e. The summed E-state index contributed by atoms with van der Waals surface area (Å²) in [4.78, 5) is 42.5. The first-order chi connectivity index (χ1) is 15.4.